The van der Waals surface area contributed by atoms with Gasteiger partial charge in [-0.1, -0.05) is 13.0 Å². The van der Waals surface area contributed by atoms with E-state index in [-0.39, 0.29) is 18.6 Å². The molecule has 0 spiro atoms. The molecule has 0 aromatic heterocycles. The maximum absolute atomic E-state index is 13.1. The van der Waals surface area contributed by atoms with Crippen molar-refractivity contribution in [2.75, 3.05) is 13.1 Å². The first kappa shape index (κ1) is 14.9. The zero-order valence-electron chi connectivity index (χ0n) is 11.6. The zero-order valence-corrected chi connectivity index (χ0v) is 11.6. The fourth-order valence-corrected chi connectivity index (χ4v) is 2.37. The number of hydrogen-bond acceptors (Lipinski definition) is 2. The highest BCUT2D eigenvalue weighted by Gasteiger charge is 2.23. The van der Waals surface area contributed by atoms with Gasteiger partial charge in [-0.15, -0.1) is 0 Å². The van der Waals surface area contributed by atoms with Gasteiger partial charge in [-0.2, -0.15) is 0 Å². The van der Waals surface area contributed by atoms with Gasteiger partial charge in [-0.3, -0.25) is 4.79 Å². The lowest BCUT2D eigenvalue weighted by atomic mass is 10.1. The molecule has 1 amide bonds. The van der Waals surface area contributed by atoms with Crippen LogP contribution in [0.2, 0.25) is 0 Å². The van der Waals surface area contributed by atoms with Gasteiger partial charge in [0.2, 0.25) is 5.91 Å². The second-order valence-corrected chi connectivity index (χ2v) is 5.02. The highest BCUT2D eigenvalue weighted by Crippen LogP contribution is 2.17. The second-order valence-electron chi connectivity index (χ2n) is 5.02. The van der Waals surface area contributed by atoms with Gasteiger partial charge >= 0.3 is 0 Å². The van der Waals surface area contributed by atoms with E-state index in [1.807, 2.05) is 6.92 Å². The van der Waals surface area contributed by atoms with E-state index in [1.165, 1.54) is 6.07 Å². The summed E-state index contributed by atoms with van der Waals surface area (Å²) in [7, 11) is 0. The van der Waals surface area contributed by atoms with Gasteiger partial charge in [0.15, 0.2) is 11.6 Å². The molecule has 0 N–H and O–H groups in total. The van der Waals surface area contributed by atoms with Gasteiger partial charge in [-0.25, -0.2) is 8.78 Å². The number of benzene rings is 1. The number of ether oxygens (including phenoxy) is 1. The van der Waals surface area contributed by atoms with Crippen LogP contribution in [0.25, 0.3) is 0 Å². The van der Waals surface area contributed by atoms with Crippen LogP contribution < -0.4 is 0 Å². The lowest BCUT2D eigenvalue weighted by Crippen LogP contribution is -2.42. The molecule has 1 aliphatic rings. The van der Waals surface area contributed by atoms with Crippen molar-refractivity contribution in [2.24, 2.45) is 0 Å². The fourth-order valence-electron chi connectivity index (χ4n) is 2.37. The van der Waals surface area contributed by atoms with Gasteiger partial charge in [0, 0.05) is 19.5 Å². The lowest BCUT2D eigenvalue weighted by Gasteiger charge is -2.32. The molecule has 0 unspecified atom stereocenters. The van der Waals surface area contributed by atoms with E-state index in [1.54, 1.807) is 4.90 Å². The number of amides is 1. The molecule has 1 aromatic carbocycles. The molecule has 1 aromatic rings. The van der Waals surface area contributed by atoms with Gasteiger partial charge < -0.3 is 9.64 Å². The summed E-state index contributed by atoms with van der Waals surface area (Å²) in [4.78, 5) is 13.5. The van der Waals surface area contributed by atoms with Crippen LogP contribution in [0.1, 0.15) is 31.7 Å². The monoisotopic (exact) mass is 283 g/mol. The number of hydrogen-bond donors (Lipinski definition) is 0. The van der Waals surface area contributed by atoms with E-state index in [2.05, 4.69) is 0 Å². The van der Waals surface area contributed by atoms with E-state index in [9.17, 15) is 13.6 Å². The molecule has 3 nitrogen and oxygen atoms in total. The van der Waals surface area contributed by atoms with Crippen LogP contribution in [-0.4, -0.2) is 30.0 Å². The maximum atomic E-state index is 13.1. The summed E-state index contributed by atoms with van der Waals surface area (Å²) in [6.07, 6.45) is 2.26. The summed E-state index contributed by atoms with van der Waals surface area (Å²) in [5.74, 6) is -1.59. The Morgan fingerprint density at radius 2 is 2.20 bits per heavy atom. The van der Waals surface area contributed by atoms with E-state index < -0.39 is 11.6 Å². The quantitative estimate of drug-likeness (QED) is 0.850. The first-order chi connectivity index (χ1) is 9.60. The van der Waals surface area contributed by atoms with Crippen LogP contribution in [-0.2, 0) is 16.1 Å². The SMILES string of the molecule is CCC(=O)N1CCC[C@H](OCc2ccc(F)c(F)c2)C1. The first-order valence-electron chi connectivity index (χ1n) is 6.93. The standard InChI is InChI=1S/C15H19F2NO2/c1-2-15(19)18-7-3-4-12(9-18)20-10-11-5-6-13(16)14(17)8-11/h5-6,8,12H,2-4,7,9-10H2,1H3/t12-/m0/s1. The fraction of sp³-hybridized carbons (Fsp3) is 0.533. The molecular formula is C15H19F2NO2. The van der Waals surface area contributed by atoms with Gasteiger partial charge in [0.05, 0.1) is 12.7 Å². The molecule has 1 heterocycles. The van der Waals surface area contributed by atoms with Gasteiger partial charge in [0.25, 0.3) is 0 Å². The maximum Gasteiger partial charge on any atom is 0.222 e. The highest BCUT2D eigenvalue weighted by molar-refractivity contribution is 5.75. The molecular weight excluding hydrogens is 264 g/mol. The Hall–Kier alpha value is -1.49. The average molecular weight is 283 g/mol. The predicted octanol–water partition coefficient (Wildman–Crippen LogP) is 2.88. The Bertz CT molecular complexity index is 479. The lowest BCUT2D eigenvalue weighted by molar-refractivity contribution is -0.135. The Labute approximate surface area is 117 Å². The molecule has 0 bridgehead atoms. The minimum absolute atomic E-state index is 0.0348. The van der Waals surface area contributed by atoms with E-state index in [0.717, 1.165) is 31.5 Å². The zero-order chi connectivity index (χ0) is 14.5. The number of halogens is 2. The minimum Gasteiger partial charge on any atom is -0.372 e. The van der Waals surface area contributed by atoms with Crippen LogP contribution in [0.15, 0.2) is 18.2 Å². The summed E-state index contributed by atoms with van der Waals surface area (Å²) < 4.78 is 31.6. The van der Waals surface area contributed by atoms with Gasteiger partial charge in [0.1, 0.15) is 0 Å². The highest BCUT2D eigenvalue weighted by atomic mass is 19.2. The summed E-state index contributed by atoms with van der Waals surface area (Å²) in [6.45, 7) is 3.43. The average Bonchev–Trinajstić information content (AvgIpc) is 2.48. The molecule has 1 fully saturated rings. The molecule has 110 valence electrons. The van der Waals surface area contributed by atoms with Crippen LogP contribution in [0.4, 0.5) is 8.78 Å². The number of piperidine rings is 1. The third-order valence-corrected chi connectivity index (χ3v) is 3.50. The molecule has 1 atom stereocenters. The molecule has 0 saturated carbocycles. The van der Waals surface area contributed by atoms with E-state index in [4.69, 9.17) is 4.74 Å². The molecule has 0 aliphatic carbocycles. The Morgan fingerprint density at radius 3 is 2.90 bits per heavy atom. The normalized spacial score (nSPS) is 19.1. The van der Waals surface area contributed by atoms with Crippen molar-refractivity contribution in [3.8, 4) is 0 Å². The Morgan fingerprint density at radius 1 is 1.40 bits per heavy atom. The van der Waals surface area contributed by atoms with Gasteiger partial charge in [-0.05, 0) is 30.5 Å². The minimum atomic E-state index is -0.863. The Balaban J connectivity index is 1.87. The van der Waals surface area contributed by atoms with Crippen molar-refractivity contribution < 1.29 is 18.3 Å². The molecule has 5 heteroatoms. The summed E-state index contributed by atoms with van der Waals surface area (Å²) >= 11 is 0. The number of rotatable bonds is 4. The number of carbonyl (C=O) groups is 1. The Kier molecular flexibility index (Phi) is 5.06. The van der Waals surface area contributed by atoms with Crippen LogP contribution >= 0.6 is 0 Å². The first-order valence-corrected chi connectivity index (χ1v) is 6.93. The van der Waals surface area contributed by atoms with E-state index >= 15 is 0 Å². The predicted molar refractivity (Wildman–Crippen MR) is 71.0 cm³/mol. The van der Waals surface area contributed by atoms with Crippen LogP contribution in [0, 0.1) is 11.6 Å². The molecule has 0 radical (unpaired) electrons. The molecule has 20 heavy (non-hydrogen) atoms. The van der Waals surface area contributed by atoms with Crippen molar-refractivity contribution >= 4 is 5.91 Å². The second kappa shape index (κ2) is 6.79. The third-order valence-electron chi connectivity index (χ3n) is 3.50. The molecule has 2 rings (SSSR count). The third kappa shape index (κ3) is 3.76. The van der Waals surface area contributed by atoms with E-state index in [0.29, 0.717) is 18.5 Å². The largest absolute Gasteiger partial charge is 0.372 e. The summed E-state index contributed by atoms with van der Waals surface area (Å²) in [6, 6.07) is 3.76. The summed E-state index contributed by atoms with van der Waals surface area (Å²) in [5.41, 5.74) is 0.600. The topological polar surface area (TPSA) is 29.5 Å². The molecule has 1 saturated heterocycles. The smallest absolute Gasteiger partial charge is 0.222 e. The van der Waals surface area contributed by atoms with Crippen LogP contribution in [0.5, 0.6) is 0 Å². The van der Waals surface area contributed by atoms with Crippen molar-refractivity contribution in [3.63, 3.8) is 0 Å². The number of nitrogens with zero attached hydrogens (tertiary/aromatic N) is 1. The molecule has 1 aliphatic heterocycles. The van der Waals surface area contributed by atoms with Crippen molar-refractivity contribution in [1.29, 1.82) is 0 Å². The van der Waals surface area contributed by atoms with Crippen LogP contribution in [0.3, 0.4) is 0 Å². The number of likely N-dealkylation sites (tertiary alicyclic amines) is 1. The van der Waals surface area contributed by atoms with Crippen molar-refractivity contribution in [3.05, 3.63) is 35.4 Å². The summed E-state index contributed by atoms with van der Waals surface area (Å²) in [5, 5.41) is 0. The van der Waals surface area contributed by atoms with Crippen molar-refractivity contribution in [2.45, 2.75) is 38.9 Å². The number of carbonyl (C=O) groups excluding carboxylic acids is 1. The van der Waals surface area contributed by atoms with Crippen molar-refractivity contribution in [1.82, 2.24) is 4.90 Å².